The standard InChI is InChI=1S/C16H23Cl2NO/c1-3-19-15(13-11-12(17)7-8-14(13)18)16(20-4-2)9-5-6-10-16/h7-8,11,15,19H,3-6,9-10H2,1-2H3. The largest absolute Gasteiger partial charge is 0.373 e. The fourth-order valence-corrected chi connectivity index (χ4v) is 3.70. The van der Waals surface area contributed by atoms with E-state index in [1.165, 1.54) is 12.8 Å². The molecule has 2 rings (SSSR count). The van der Waals surface area contributed by atoms with Gasteiger partial charge in [0.1, 0.15) is 0 Å². The lowest BCUT2D eigenvalue weighted by Crippen LogP contribution is -2.44. The SMILES string of the molecule is CCNC(c1cc(Cl)ccc1Cl)C1(OCC)CCCC1. The molecule has 112 valence electrons. The lowest BCUT2D eigenvalue weighted by molar-refractivity contribution is -0.0623. The van der Waals surface area contributed by atoms with Crippen molar-refractivity contribution in [3.8, 4) is 0 Å². The maximum absolute atomic E-state index is 6.41. The van der Waals surface area contributed by atoms with E-state index in [0.29, 0.717) is 0 Å². The number of rotatable bonds is 6. The van der Waals surface area contributed by atoms with Crippen LogP contribution in [0.25, 0.3) is 0 Å². The highest BCUT2D eigenvalue weighted by Crippen LogP contribution is 2.45. The van der Waals surface area contributed by atoms with E-state index in [2.05, 4.69) is 19.2 Å². The van der Waals surface area contributed by atoms with Gasteiger partial charge in [-0.2, -0.15) is 0 Å². The van der Waals surface area contributed by atoms with Crippen LogP contribution in [0.15, 0.2) is 18.2 Å². The Labute approximate surface area is 131 Å². The van der Waals surface area contributed by atoms with Crippen molar-refractivity contribution in [3.63, 3.8) is 0 Å². The number of halogens is 2. The third-order valence-electron chi connectivity index (χ3n) is 4.09. The van der Waals surface area contributed by atoms with E-state index < -0.39 is 0 Å². The van der Waals surface area contributed by atoms with E-state index in [9.17, 15) is 0 Å². The molecule has 0 radical (unpaired) electrons. The second-order valence-corrected chi connectivity index (χ2v) is 6.21. The second kappa shape index (κ2) is 7.13. The van der Waals surface area contributed by atoms with Crippen molar-refractivity contribution in [1.29, 1.82) is 0 Å². The van der Waals surface area contributed by atoms with Gasteiger partial charge in [0.25, 0.3) is 0 Å². The maximum atomic E-state index is 6.41. The number of hydrogen-bond donors (Lipinski definition) is 1. The van der Waals surface area contributed by atoms with E-state index in [-0.39, 0.29) is 11.6 Å². The molecule has 4 heteroatoms. The average molecular weight is 316 g/mol. The van der Waals surface area contributed by atoms with Crippen LogP contribution in [-0.2, 0) is 4.74 Å². The van der Waals surface area contributed by atoms with Gasteiger partial charge in [-0.3, -0.25) is 0 Å². The lowest BCUT2D eigenvalue weighted by atomic mass is 9.86. The Balaban J connectivity index is 2.40. The minimum absolute atomic E-state index is 0.0983. The third kappa shape index (κ3) is 3.30. The van der Waals surface area contributed by atoms with Crippen molar-refractivity contribution in [2.24, 2.45) is 0 Å². The summed E-state index contributed by atoms with van der Waals surface area (Å²) in [4.78, 5) is 0. The summed E-state index contributed by atoms with van der Waals surface area (Å²) in [5.74, 6) is 0. The molecule has 1 aromatic carbocycles. The van der Waals surface area contributed by atoms with E-state index >= 15 is 0 Å². The molecular formula is C16H23Cl2NO. The average Bonchev–Trinajstić information content (AvgIpc) is 2.89. The number of benzene rings is 1. The Morgan fingerprint density at radius 2 is 1.95 bits per heavy atom. The monoisotopic (exact) mass is 315 g/mol. The van der Waals surface area contributed by atoms with Gasteiger partial charge in [0.05, 0.1) is 11.6 Å². The fourth-order valence-electron chi connectivity index (χ4n) is 3.30. The molecule has 0 aliphatic heterocycles. The highest BCUT2D eigenvalue weighted by atomic mass is 35.5. The molecule has 0 heterocycles. The van der Waals surface area contributed by atoms with Crippen LogP contribution in [0.4, 0.5) is 0 Å². The maximum Gasteiger partial charge on any atom is 0.0876 e. The minimum Gasteiger partial charge on any atom is -0.373 e. The Morgan fingerprint density at radius 3 is 2.55 bits per heavy atom. The molecule has 1 aliphatic rings. The van der Waals surface area contributed by atoms with E-state index in [1.807, 2.05) is 18.2 Å². The summed E-state index contributed by atoms with van der Waals surface area (Å²) in [6, 6.07) is 5.77. The highest BCUT2D eigenvalue weighted by molar-refractivity contribution is 6.33. The molecule has 1 aromatic rings. The highest BCUT2D eigenvalue weighted by Gasteiger charge is 2.43. The molecule has 1 atom stereocenters. The molecule has 1 unspecified atom stereocenters. The zero-order chi connectivity index (χ0) is 14.6. The zero-order valence-electron chi connectivity index (χ0n) is 12.2. The predicted octanol–water partition coefficient (Wildman–Crippen LogP) is 4.99. The van der Waals surface area contributed by atoms with Gasteiger partial charge < -0.3 is 10.1 Å². The second-order valence-electron chi connectivity index (χ2n) is 5.36. The Kier molecular flexibility index (Phi) is 5.74. The Bertz CT molecular complexity index is 444. The van der Waals surface area contributed by atoms with Crippen molar-refractivity contribution < 1.29 is 4.74 Å². The van der Waals surface area contributed by atoms with Crippen LogP contribution in [0, 0.1) is 0 Å². The minimum atomic E-state index is -0.154. The first-order valence-corrected chi connectivity index (χ1v) is 8.21. The Morgan fingerprint density at radius 1 is 1.25 bits per heavy atom. The molecule has 0 spiro atoms. The number of likely N-dealkylation sites (N-methyl/N-ethyl adjacent to an activating group) is 1. The van der Waals surface area contributed by atoms with Crippen molar-refractivity contribution in [2.45, 2.75) is 51.2 Å². The van der Waals surface area contributed by atoms with Crippen molar-refractivity contribution in [3.05, 3.63) is 33.8 Å². The molecule has 20 heavy (non-hydrogen) atoms. The molecule has 1 N–H and O–H groups in total. The van der Waals surface area contributed by atoms with Crippen LogP contribution in [0.3, 0.4) is 0 Å². The molecule has 0 bridgehead atoms. The summed E-state index contributed by atoms with van der Waals surface area (Å²) in [6.07, 6.45) is 4.56. The molecule has 1 saturated carbocycles. The van der Waals surface area contributed by atoms with Gasteiger partial charge in [0.2, 0.25) is 0 Å². The number of ether oxygens (including phenoxy) is 1. The molecule has 0 saturated heterocycles. The van der Waals surface area contributed by atoms with E-state index in [0.717, 1.165) is 41.6 Å². The summed E-state index contributed by atoms with van der Waals surface area (Å²) >= 11 is 12.6. The molecule has 1 aliphatic carbocycles. The molecule has 0 amide bonds. The van der Waals surface area contributed by atoms with Crippen LogP contribution in [0.5, 0.6) is 0 Å². The van der Waals surface area contributed by atoms with Gasteiger partial charge in [-0.05, 0) is 50.1 Å². The van der Waals surface area contributed by atoms with Crippen LogP contribution >= 0.6 is 23.2 Å². The fraction of sp³-hybridized carbons (Fsp3) is 0.625. The predicted molar refractivity (Wildman–Crippen MR) is 85.7 cm³/mol. The van der Waals surface area contributed by atoms with E-state index in [4.69, 9.17) is 27.9 Å². The first kappa shape index (κ1) is 16.1. The third-order valence-corrected chi connectivity index (χ3v) is 4.66. The zero-order valence-corrected chi connectivity index (χ0v) is 13.7. The first-order chi connectivity index (χ1) is 9.63. The smallest absolute Gasteiger partial charge is 0.0876 e. The topological polar surface area (TPSA) is 21.3 Å². The summed E-state index contributed by atoms with van der Waals surface area (Å²) in [7, 11) is 0. The summed E-state index contributed by atoms with van der Waals surface area (Å²) in [5, 5.41) is 5.04. The summed E-state index contributed by atoms with van der Waals surface area (Å²) in [6.45, 7) is 5.77. The lowest BCUT2D eigenvalue weighted by Gasteiger charge is -2.38. The number of hydrogen-bond acceptors (Lipinski definition) is 2. The van der Waals surface area contributed by atoms with Gasteiger partial charge in [-0.15, -0.1) is 0 Å². The van der Waals surface area contributed by atoms with Crippen molar-refractivity contribution >= 4 is 23.2 Å². The van der Waals surface area contributed by atoms with Gasteiger partial charge in [0.15, 0.2) is 0 Å². The first-order valence-electron chi connectivity index (χ1n) is 7.45. The molecular weight excluding hydrogens is 293 g/mol. The van der Waals surface area contributed by atoms with Crippen LogP contribution in [0.1, 0.15) is 51.1 Å². The molecule has 2 nitrogen and oxygen atoms in total. The van der Waals surface area contributed by atoms with Gasteiger partial charge in [0, 0.05) is 16.7 Å². The van der Waals surface area contributed by atoms with Crippen molar-refractivity contribution in [1.82, 2.24) is 5.32 Å². The van der Waals surface area contributed by atoms with Crippen LogP contribution < -0.4 is 5.32 Å². The Hall–Kier alpha value is -0.280. The van der Waals surface area contributed by atoms with E-state index in [1.54, 1.807) is 0 Å². The quantitative estimate of drug-likeness (QED) is 0.798. The number of nitrogens with one attached hydrogen (secondary N) is 1. The van der Waals surface area contributed by atoms with Crippen LogP contribution in [0.2, 0.25) is 10.0 Å². The normalized spacial score (nSPS) is 19.2. The van der Waals surface area contributed by atoms with Gasteiger partial charge in [-0.1, -0.05) is 43.0 Å². The van der Waals surface area contributed by atoms with Crippen molar-refractivity contribution in [2.75, 3.05) is 13.2 Å². The van der Waals surface area contributed by atoms with Crippen LogP contribution in [-0.4, -0.2) is 18.8 Å². The summed E-state index contributed by atoms with van der Waals surface area (Å²) in [5.41, 5.74) is 0.899. The van der Waals surface area contributed by atoms with Gasteiger partial charge in [-0.25, -0.2) is 0 Å². The van der Waals surface area contributed by atoms with Gasteiger partial charge >= 0.3 is 0 Å². The molecule has 0 aromatic heterocycles. The molecule has 1 fully saturated rings. The summed E-state index contributed by atoms with van der Waals surface area (Å²) < 4.78 is 6.19.